The van der Waals surface area contributed by atoms with Gasteiger partial charge in [0.05, 0.1) is 11.8 Å². The molecule has 6 nitrogen and oxygen atoms in total. The quantitative estimate of drug-likeness (QED) is 0.853. The number of amides is 2. The van der Waals surface area contributed by atoms with Gasteiger partial charge in [-0.05, 0) is 30.3 Å². The van der Waals surface area contributed by atoms with Crippen LogP contribution in [0.15, 0.2) is 51.6 Å². The van der Waals surface area contributed by atoms with Crippen molar-refractivity contribution < 1.29 is 23.5 Å². The second-order valence-corrected chi connectivity index (χ2v) is 4.86. The highest BCUT2D eigenvalue weighted by Gasteiger charge is 2.15. The molecule has 2 amide bonds. The van der Waals surface area contributed by atoms with Crippen LogP contribution in [0.25, 0.3) is 0 Å². The number of carbonyl (C=O) groups is 3. The summed E-state index contributed by atoms with van der Waals surface area (Å²) in [5.74, 6) is -2.08. The van der Waals surface area contributed by atoms with Crippen LogP contribution in [0.4, 0.5) is 0 Å². The third-order valence-electron chi connectivity index (χ3n) is 2.39. The Bertz CT molecular complexity index is 666. The molecule has 0 radical (unpaired) electrons. The maximum absolute atomic E-state index is 11.7. The van der Waals surface area contributed by atoms with Crippen LogP contribution >= 0.6 is 15.9 Å². The second-order valence-electron chi connectivity index (χ2n) is 3.94. The molecule has 0 fully saturated rings. The van der Waals surface area contributed by atoms with E-state index in [1.54, 1.807) is 24.3 Å². The molecule has 0 unspecified atom stereocenters. The van der Waals surface area contributed by atoms with Crippen molar-refractivity contribution in [2.75, 3.05) is 6.61 Å². The molecule has 2 rings (SSSR count). The van der Waals surface area contributed by atoms with Gasteiger partial charge in [-0.1, -0.05) is 22.0 Å². The van der Waals surface area contributed by atoms with Gasteiger partial charge < -0.3 is 9.15 Å². The Hall–Kier alpha value is -2.41. The lowest BCUT2D eigenvalue weighted by atomic mass is 10.2. The number of halogens is 1. The Balaban J connectivity index is 1.84. The number of esters is 1. The Morgan fingerprint density at radius 2 is 2.00 bits per heavy atom. The predicted octanol–water partition coefficient (Wildman–Crippen LogP) is 2.16. The van der Waals surface area contributed by atoms with Crippen LogP contribution in [0.5, 0.6) is 0 Å². The maximum atomic E-state index is 11.7. The molecule has 108 valence electrons. The summed E-state index contributed by atoms with van der Waals surface area (Å²) < 4.78 is 10.4. The van der Waals surface area contributed by atoms with E-state index in [1.807, 2.05) is 5.32 Å². The molecule has 1 aromatic heterocycles. The van der Waals surface area contributed by atoms with E-state index in [4.69, 9.17) is 9.15 Å². The number of carbonyl (C=O) groups excluding carboxylic acids is 3. The van der Waals surface area contributed by atoms with Crippen molar-refractivity contribution >= 4 is 33.7 Å². The topological polar surface area (TPSA) is 85.6 Å². The summed E-state index contributed by atoms with van der Waals surface area (Å²) in [7, 11) is 0. The summed E-state index contributed by atoms with van der Waals surface area (Å²) in [6, 6.07) is 9.47. The summed E-state index contributed by atoms with van der Waals surface area (Å²) >= 11 is 3.22. The molecule has 1 N–H and O–H groups in total. The fraction of sp³-hybridized carbons (Fsp3) is 0.0714. The van der Waals surface area contributed by atoms with E-state index in [9.17, 15) is 14.4 Å². The Labute approximate surface area is 128 Å². The molecule has 21 heavy (non-hydrogen) atoms. The second kappa shape index (κ2) is 6.85. The predicted molar refractivity (Wildman–Crippen MR) is 75.6 cm³/mol. The SMILES string of the molecule is O=C(COC(=O)c1cccc(Br)c1)NC(=O)c1ccco1. The molecule has 0 atom stereocenters. The third kappa shape index (κ3) is 4.28. The summed E-state index contributed by atoms with van der Waals surface area (Å²) in [5, 5.41) is 2.04. The normalized spacial score (nSPS) is 9.95. The van der Waals surface area contributed by atoms with E-state index >= 15 is 0 Å². The van der Waals surface area contributed by atoms with Crippen molar-refractivity contribution in [2.45, 2.75) is 0 Å². The van der Waals surface area contributed by atoms with Crippen LogP contribution in [0.3, 0.4) is 0 Å². The molecule has 0 saturated heterocycles. The highest BCUT2D eigenvalue weighted by atomic mass is 79.9. The molecule has 0 spiro atoms. The molecular formula is C14H10BrNO5. The average molecular weight is 352 g/mol. The zero-order valence-electron chi connectivity index (χ0n) is 10.7. The van der Waals surface area contributed by atoms with Crippen molar-refractivity contribution in [1.82, 2.24) is 5.32 Å². The van der Waals surface area contributed by atoms with Gasteiger partial charge in [0.15, 0.2) is 12.4 Å². The average Bonchev–Trinajstić information content (AvgIpc) is 2.99. The van der Waals surface area contributed by atoms with Gasteiger partial charge in [-0.3, -0.25) is 14.9 Å². The number of furan rings is 1. The lowest BCUT2D eigenvalue weighted by Gasteiger charge is -2.05. The number of imide groups is 1. The first-order valence-electron chi connectivity index (χ1n) is 5.86. The Morgan fingerprint density at radius 1 is 1.19 bits per heavy atom. The monoisotopic (exact) mass is 351 g/mol. The minimum atomic E-state index is -0.736. The first kappa shape index (κ1) is 15.0. The van der Waals surface area contributed by atoms with Crippen molar-refractivity contribution in [3.05, 3.63) is 58.5 Å². The van der Waals surface area contributed by atoms with E-state index in [0.717, 1.165) is 4.47 Å². The largest absolute Gasteiger partial charge is 0.459 e. The number of benzene rings is 1. The number of hydrogen-bond donors (Lipinski definition) is 1. The van der Waals surface area contributed by atoms with Gasteiger partial charge in [0.25, 0.3) is 11.8 Å². The van der Waals surface area contributed by atoms with Crippen LogP contribution in [0.1, 0.15) is 20.9 Å². The number of nitrogens with one attached hydrogen (secondary N) is 1. The van der Waals surface area contributed by atoms with Gasteiger partial charge in [0.1, 0.15) is 0 Å². The summed E-state index contributed by atoms with van der Waals surface area (Å²) in [6.45, 7) is -0.558. The Morgan fingerprint density at radius 3 is 2.67 bits per heavy atom. The first-order chi connectivity index (χ1) is 10.1. The van der Waals surface area contributed by atoms with E-state index in [0.29, 0.717) is 5.56 Å². The summed E-state index contributed by atoms with van der Waals surface area (Å²) in [4.78, 5) is 34.7. The number of rotatable bonds is 4. The molecule has 1 heterocycles. The fourth-order valence-electron chi connectivity index (χ4n) is 1.46. The van der Waals surface area contributed by atoms with Crippen molar-refractivity contribution in [1.29, 1.82) is 0 Å². The van der Waals surface area contributed by atoms with E-state index in [2.05, 4.69) is 15.9 Å². The van der Waals surface area contributed by atoms with E-state index in [-0.39, 0.29) is 5.76 Å². The lowest BCUT2D eigenvalue weighted by Crippen LogP contribution is -2.33. The van der Waals surface area contributed by atoms with Gasteiger partial charge in [0.2, 0.25) is 0 Å². The molecule has 0 aliphatic carbocycles. The van der Waals surface area contributed by atoms with E-state index < -0.39 is 24.4 Å². The number of ether oxygens (including phenoxy) is 1. The zero-order valence-corrected chi connectivity index (χ0v) is 12.3. The summed E-state index contributed by atoms with van der Waals surface area (Å²) in [5.41, 5.74) is 0.300. The van der Waals surface area contributed by atoms with Crippen molar-refractivity contribution in [2.24, 2.45) is 0 Å². The summed E-state index contributed by atoms with van der Waals surface area (Å²) in [6.07, 6.45) is 1.31. The van der Waals surface area contributed by atoms with Crippen molar-refractivity contribution in [3.8, 4) is 0 Å². The first-order valence-corrected chi connectivity index (χ1v) is 6.66. The van der Waals surface area contributed by atoms with Crippen LogP contribution in [0.2, 0.25) is 0 Å². The van der Waals surface area contributed by atoms with Crippen LogP contribution in [-0.2, 0) is 9.53 Å². The molecule has 0 saturated carbocycles. The van der Waals surface area contributed by atoms with Gasteiger partial charge >= 0.3 is 5.97 Å². The van der Waals surface area contributed by atoms with Crippen LogP contribution in [0, 0.1) is 0 Å². The fourth-order valence-corrected chi connectivity index (χ4v) is 1.86. The van der Waals surface area contributed by atoms with Gasteiger partial charge in [-0.2, -0.15) is 0 Å². The zero-order chi connectivity index (χ0) is 15.2. The minimum Gasteiger partial charge on any atom is -0.459 e. The standard InChI is InChI=1S/C14H10BrNO5/c15-10-4-1-3-9(7-10)14(19)21-8-12(17)16-13(18)11-5-2-6-20-11/h1-7H,8H2,(H,16,17,18). The molecule has 2 aromatic rings. The molecule has 1 aromatic carbocycles. The molecule has 0 bridgehead atoms. The smallest absolute Gasteiger partial charge is 0.338 e. The van der Waals surface area contributed by atoms with Crippen LogP contribution in [-0.4, -0.2) is 24.4 Å². The Kier molecular flexibility index (Phi) is 4.89. The van der Waals surface area contributed by atoms with E-state index in [1.165, 1.54) is 18.4 Å². The van der Waals surface area contributed by atoms with Crippen molar-refractivity contribution in [3.63, 3.8) is 0 Å². The maximum Gasteiger partial charge on any atom is 0.338 e. The molecule has 0 aliphatic heterocycles. The van der Waals surface area contributed by atoms with Gasteiger partial charge in [-0.25, -0.2) is 4.79 Å². The molecule has 7 heteroatoms. The molecular weight excluding hydrogens is 342 g/mol. The third-order valence-corrected chi connectivity index (χ3v) is 2.89. The van der Waals surface area contributed by atoms with Gasteiger partial charge in [-0.15, -0.1) is 0 Å². The highest BCUT2D eigenvalue weighted by molar-refractivity contribution is 9.10. The van der Waals surface area contributed by atoms with Crippen LogP contribution < -0.4 is 5.32 Å². The molecule has 0 aliphatic rings. The lowest BCUT2D eigenvalue weighted by molar-refractivity contribution is -0.123. The highest BCUT2D eigenvalue weighted by Crippen LogP contribution is 2.12. The van der Waals surface area contributed by atoms with Gasteiger partial charge in [0, 0.05) is 4.47 Å². The number of hydrogen-bond acceptors (Lipinski definition) is 5. The minimum absolute atomic E-state index is 0.00154.